The van der Waals surface area contributed by atoms with E-state index < -0.39 is 0 Å². The van der Waals surface area contributed by atoms with Crippen molar-refractivity contribution >= 4 is 11.8 Å². The van der Waals surface area contributed by atoms with Crippen molar-refractivity contribution in [1.82, 2.24) is 34.7 Å². The van der Waals surface area contributed by atoms with E-state index in [-0.39, 0.29) is 0 Å². The largest absolute Gasteiger partial charge is 0.478 e. The molecule has 0 aliphatic carbocycles. The first-order valence-corrected chi connectivity index (χ1v) is 7.95. The van der Waals surface area contributed by atoms with E-state index in [1.54, 1.807) is 24.7 Å². The lowest BCUT2D eigenvalue weighted by molar-refractivity contribution is 0.324. The Morgan fingerprint density at radius 2 is 2.04 bits per heavy atom. The number of rotatable bonds is 6. The average Bonchev–Trinajstić information content (AvgIpc) is 2.99. The topological polar surface area (TPSA) is 91.5 Å². The third-order valence-corrected chi connectivity index (χ3v) is 3.85. The molecule has 0 saturated carbocycles. The van der Waals surface area contributed by atoms with Crippen LogP contribution in [0, 0.1) is 0 Å². The van der Waals surface area contributed by atoms with Gasteiger partial charge in [-0.25, -0.2) is 15.0 Å². The summed E-state index contributed by atoms with van der Waals surface area (Å²) >= 11 is 1.40. The molecule has 23 heavy (non-hydrogen) atoms. The van der Waals surface area contributed by atoms with Gasteiger partial charge in [0.05, 0.1) is 12.8 Å². The second kappa shape index (κ2) is 7.14. The zero-order chi connectivity index (χ0) is 16.1. The van der Waals surface area contributed by atoms with Crippen LogP contribution in [0.1, 0.15) is 13.8 Å². The third-order valence-electron chi connectivity index (χ3n) is 2.93. The first-order chi connectivity index (χ1) is 11.3. The van der Waals surface area contributed by atoms with Gasteiger partial charge in [0.15, 0.2) is 11.0 Å². The Balaban J connectivity index is 1.89. The van der Waals surface area contributed by atoms with Crippen LogP contribution in [0.25, 0.3) is 11.5 Å². The Morgan fingerprint density at radius 3 is 2.78 bits per heavy atom. The summed E-state index contributed by atoms with van der Waals surface area (Å²) in [6.45, 7) is 5.21. The second-order valence-corrected chi connectivity index (χ2v) is 5.36. The van der Waals surface area contributed by atoms with Crippen molar-refractivity contribution in [2.45, 2.75) is 30.6 Å². The van der Waals surface area contributed by atoms with Crippen molar-refractivity contribution < 1.29 is 4.74 Å². The van der Waals surface area contributed by atoms with Gasteiger partial charge in [-0.3, -0.25) is 4.98 Å². The number of ether oxygens (including phenoxy) is 1. The van der Waals surface area contributed by atoms with E-state index in [1.165, 1.54) is 18.1 Å². The maximum Gasteiger partial charge on any atom is 0.217 e. The van der Waals surface area contributed by atoms with E-state index >= 15 is 0 Å². The SMILES string of the molecule is CCOc1cc(Sc2nnc(-c3cnccn3)n2CC)ncn1. The fourth-order valence-corrected chi connectivity index (χ4v) is 2.81. The lowest BCUT2D eigenvalue weighted by atomic mass is 10.4. The molecule has 0 unspecified atom stereocenters. The van der Waals surface area contributed by atoms with Gasteiger partial charge in [-0.05, 0) is 25.6 Å². The summed E-state index contributed by atoms with van der Waals surface area (Å²) in [7, 11) is 0. The molecule has 3 aromatic heterocycles. The molecule has 3 aromatic rings. The second-order valence-electron chi connectivity index (χ2n) is 4.37. The highest BCUT2D eigenvalue weighted by molar-refractivity contribution is 7.99. The van der Waals surface area contributed by atoms with Crippen molar-refractivity contribution in [3.63, 3.8) is 0 Å². The number of hydrogen-bond donors (Lipinski definition) is 0. The van der Waals surface area contributed by atoms with Crippen LogP contribution in [0.2, 0.25) is 0 Å². The quantitative estimate of drug-likeness (QED) is 0.635. The molecule has 0 radical (unpaired) electrons. The lowest BCUT2D eigenvalue weighted by Crippen LogP contribution is -2.01. The maximum atomic E-state index is 5.39. The molecule has 0 saturated heterocycles. The van der Waals surface area contributed by atoms with E-state index in [0.717, 1.165) is 10.2 Å². The van der Waals surface area contributed by atoms with Crippen molar-refractivity contribution in [3.8, 4) is 17.4 Å². The predicted octanol–water partition coefficient (Wildman–Crippen LogP) is 2.09. The van der Waals surface area contributed by atoms with Gasteiger partial charge in [-0.2, -0.15) is 0 Å². The van der Waals surface area contributed by atoms with Crippen LogP contribution in [0.5, 0.6) is 5.88 Å². The molecule has 8 nitrogen and oxygen atoms in total. The van der Waals surface area contributed by atoms with Crippen LogP contribution < -0.4 is 4.74 Å². The van der Waals surface area contributed by atoms with Crippen LogP contribution in [-0.4, -0.2) is 41.3 Å². The summed E-state index contributed by atoms with van der Waals surface area (Å²) < 4.78 is 7.36. The summed E-state index contributed by atoms with van der Waals surface area (Å²) in [5.41, 5.74) is 0.686. The Morgan fingerprint density at radius 1 is 1.13 bits per heavy atom. The molecule has 0 amide bonds. The van der Waals surface area contributed by atoms with Crippen molar-refractivity contribution in [1.29, 1.82) is 0 Å². The molecule has 3 rings (SSSR count). The highest BCUT2D eigenvalue weighted by Crippen LogP contribution is 2.28. The molecule has 118 valence electrons. The van der Waals surface area contributed by atoms with Gasteiger partial charge in [-0.15, -0.1) is 10.2 Å². The van der Waals surface area contributed by atoms with Gasteiger partial charge in [0, 0.05) is 25.0 Å². The first-order valence-electron chi connectivity index (χ1n) is 7.14. The Kier molecular flexibility index (Phi) is 4.77. The Bertz CT molecular complexity index is 778. The van der Waals surface area contributed by atoms with Crippen LogP contribution in [0.3, 0.4) is 0 Å². The van der Waals surface area contributed by atoms with Crippen molar-refractivity contribution in [2.75, 3.05) is 6.61 Å². The van der Waals surface area contributed by atoms with E-state index in [9.17, 15) is 0 Å². The first kappa shape index (κ1) is 15.3. The molecule has 0 atom stereocenters. The summed E-state index contributed by atoms with van der Waals surface area (Å²) in [5, 5.41) is 9.95. The van der Waals surface area contributed by atoms with Gasteiger partial charge in [0.1, 0.15) is 17.0 Å². The zero-order valence-electron chi connectivity index (χ0n) is 12.7. The standard InChI is InChI=1S/C14H15N7OS/c1-3-21-13(10-8-15-5-6-16-10)19-20-14(21)23-12-7-11(22-4-2)17-9-18-12/h5-9H,3-4H2,1-2H3. The molecule has 0 aliphatic heterocycles. The number of aromatic nitrogens is 7. The van der Waals surface area contributed by atoms with Gasteiger partial charge < -0.3 is 9.30 Å². The summed E-state index contributed by atoms with van der Waals surface area (Å²) in [5.74, 6) is 1.23. The van der Waals surface area contributed by atoms with Gasteiger partial charge >= 0.3 is 0 Å². The minimum atomic E-state index is 0.543. The van der Waals surface area contributed by atoms with E-state index in [4.69, 9.17) is 4.74 Å². The minimum absolute atomic E-state index is 0.543. The maximum absolute atomic E-state index is 5.39. The lowest BCUT2D eigenvalue weighted by Gasteiger charge is -2.06. The highest BCUT2D eigenvalue weighted by atomic mass is 32.2. The van der Waals surface area contributed by atoms with Crippen LogP contribution >= 0.6 is 11.8 Å². The van der Waals surface area contributed by atoms with Crippen molar-refractivity contribution in [2.24, 2.45) is 0 Å². The van der Waals surface area contributed by atoms with E-state index in [2.05, 4.69) is 30.1 Å². The molecular weight excluding hydrogens is 314 g/mol. The fourth-order valence-electron chi connectivity index (χ4n) is 1.95. The van der Waals surface area contributed by atoms with E-state index in [0.29, 0.717) is 30.5 Å². The monoisotopic (exact) mass is 329 g/mol. The summed E-state index contributed by atoms with van der Waals surface area (Å²) in [6.07, 6.45) is 6.41. The minimum Gasteiger partial charge on any atom is -0.478 e. The molecular formula is C14H15N7OS. The Labute approximate surface area is 137 Å². The molecule has 0 N–H and O–H groups in total. The normalized spacial score (nSPS) is 10.7. The molecule has 0 aromatic carbocycles. The van der Waals surface area contributed by atoms with Gasteiger partial charge in [0.2, 0.25) is 5.88 Å². The Hall–Kier alpha value is -2.55. The highest BCUT2D eigenvalue weighted by Gasteiger charge is 2.15. The molecule has 0 spiro atoms. The van der Waals surface area contributed by atoms with Crippen LogP contribution in [0.15, 0.2) is 41.2 Å². The summed E-state index contributed by atoms with van der Waals surface area (Å²) in [6, 6.07) is 1.78. The molecule has 3 heterocycles. The van der Waals surface area contributed by atoms with Gasteiger partial charge in [0.25, 0.3) is 0 Å². The van der Waals surface area contributed by atoms with Gasteiger partial charge in [-0.1, -0.05) is 0 Å². The number of hydrogen-bond acceptors (Lipinski definition) is 8. The number of nitrogens with zero attached hydrogens (tertiary/aromatic N) is 7. The van der Waals surface area contributed by atoms with Crippen LogP contribution in [-0.2, 0) is 6.54 Å². The fraction of sp³-hybridized carbons (Fsp3) is 0.286. The molecule has 0 fully saturated rings. The molecule has 0 aliphatic rings. The van der Waals surface area contributed by atoms with Crippen LogP contribution in [0.4, 0.5) is 0 Å². The summed E-state index contributed by atoms with van der Waals surface area (Å²) in [4.78, 5) is 16.6. The molecule has 9 heteroatoms. The van der Waals surface area contributed by atoms with Crippen molar-refractivity contribution in [3.05, 3.63) is 31.0 Å². The third kappa shape index (κ3) is 3.45. The molecule has 0 bridgehead atoms. The predicted molar refractivity (Wildman–Crippen MR) is 84.0 cm³/mol. The smallest absolute Gasteiger partial charge is 0.217 e. The average molecular weight is 329 g/mol. The zero-order valence-corrected chi connectivity index (χ0v) is 13.6. The van der Waals surface area contributed by atoms with E-state index in [1.807, 2.05) is 18.4 Å².